The summed E-state index contributed by atoms with van der Waals surface area (Å²) in [5.41, 5.74) is 4.59. The number of aromatic amines is 1. The molecule has 3 heterocycles. The van der Waals surface area contributed by atoms with E-state index in [9.17, 15) is 4.79 Å². The molecule has 1 saturated heterocycles. The van der Waals surface area contributed by atoms with Gasteiger partial charge in [0.1, 0.15) is 0 Å². The van der Waals surface area contributed by atoms with E-state index in [1.165, 1.54) is 11.1 Å². The molecule has 1 aromatic carbocycles. The fourth-order valence-corrected chi connectivity index (χ4v) is 5.23. The quantitative estimate of drug-likeness (QED) is 0.483. The number of benzene rings is 1. The minimum Gasteiger partial charge on any atom is -0.351 e. The number of imidazole rings is 1. The third-order valence-corrected chi connectivity index (χ3v) is 7.11. The summed E-state index contributed by atoms with van der Waals surface area (Å²) in [4.78, 5) is 27.8. The number of pyridine rings is 1. The van der Waals surface area contributed by atoms with E-state index < -0.39 is 0 Å². The molecule has 7 heteroatoms. The summed E-state index contributed by atoms with van der Waals surface area (Å²) >= 11 is 0. The van der Waals surface area contributed by atoms with Crippen LogP contribution < -0.4 is 10.6 Å². The van der Waals surface area contributed by atoms with Crippen LogP contribution in [0, 0.1) is 0 Å². The minimum atomic E-state index is -0.310. The Morgan fingerprint density at radius 3 is 2.74 bits per heavy atom. The zero-order valence-electron chi connectivity index (χ0n) is 19.6. The highest BCUT2D eigenvalue weighted by molar-refractivity contribution is 5.82. The van der Waals surface area contributed by atoms with E-state index in [0.717, 1.165) is 63.1 Å². The molecule has 0 saturated carbocycles. The molecule has 3 N–H and O–H groups in total. The number of hydrogen-bond acceptors (Lipinski definition) is 5. The predicted octanol–water partition coefficient (Wildman–Crippen LogP) is 3.16. The Hall–Kier alpha value is -3.03. The van der Waals surface area contributed by atoms with E-state index in [1.54, 1.807) is 6.33 Å². The van der Waals surface area contributed by atoms with Crippen LogP contribution in [0.15, 0.2) is 61.2 Å². The summed E-state index contributed by atoms with van der Waals surface area (Å²) in [7, 11) is 0. The number of aromatic nitrogens is 3. The maximum Gasteiger partial charge on any atom is 0.240 e. The Morgan fingerprint density at radius 2 is 1.94 bits per heavy atom. The highest BCUT2D eigenvalue weighted by Crippen LogP contribution is 2.28. The van der Waals surface area contributed by atoms with Crippen LogP contribution >= 0.6 is 0 Å². The monoisotopic (exact) mass is 458 g/mol. The van der Waals surface area contributed by atoms with Crippen LogP contribution in [-0.2, 0) is 24.2 Å². The lowest BCUT2D eigenvalue weighted by molar-refractivity contribution is -0.134. The van der Waals surface area contributed by atoms with Crippen LogP contribution in [-0.4, -0.2) is 50.9 Å². The molecule has 2 unspecified atom stereocenters. The molecule has 1 amide bonds. The molecule has 2 aliphatic rings. The molecule has 1 aliphatic heterocycles. The van der Waals surface area contributed by atoms with Gasteiger partial charge in [0, 0.05) is 44.5 Å². The largest absolute Gasteiger partial charge is 0.351 e. The first-order valence-corrected chi connectivity index (χ1v) is 12.5. The molecule has 2 atom stereocenters. The van der Waals surface area contributed by atoms with Crippen molar-refractivity contribution in [3.8, 4) is 0 Å². The normalized spacial score (nSPS) is 19.5. The van der Waals surface area contributed by atoms with Gasteiger partial charge in [0.2, 0.25) is 5.91 Å². The number of carbonyl (C=O) groups excluding carboxylic acids is 1. The maximum absolute atomic E-state index is 13.7. The van der Waals surface area contributed by atoms with Gasteiger partial charge >= 0.3 is 0 Å². The lowest BCUT2D eigenvalue weighted by Gasteiger charge is -2.36. The summed E-state index contributed by atoms with van der Waals surface area (Å²) in [5, 5.41) is 7.35. The fraction of sp³-hybridized carbons (Fsp3) is 0.444. The van der Waals surface area contributed by atoms with Crippen LogP contribution in [0.2, 0.25) is 0 Å². The van der Waals surface area contributed by atoms with Gasteiger partial charge < -0.3 is 15.2 Å². The summed E-state index contributed by atoms with van der Waals surface area (Å²) in [5.74, 6) is 0.174. The number of rotatable bonds is 8. The van der Waals surface area contributed by atoms with Gasteiger partial charge in [-0.2, -0.15) is 0 Å². The van der Waals surface area contributed by atoms with E-state index >= 15 is 0 Å². The maximum atomic E-state index is 13.7. The molecule has 2 aromatic heterocycles. The third-order valence-electron chi connectivity index (χ3n) is 7.11. The van der Waals surface area contributed by atoms with E-state index in [-0.39, 0.29) is 18.0 Å². The van der Waals surface area contributed by atoms with Crippen molar-refractivity contribution in [1.29, 1.82) is 0 Å². The molecule has 0 spiro atoms. The van der Waals surface area contributed by atoms with Crippen molar-refractivity contribution < 1.29 is 4.79 Å². The molecule has 34 heavy (non-hydrogen) atoms. The number of nitrogens with one attached hydrogen (secondary N) is 3. The smallest absolute Gasteiger partial charge is 0.240 e. The number of hydrogen-bond donors (Lipinski definition) is 3. The Kier molecular flexibility index (Phi) is 7.31. The van der Waals surface area contributed by atoms with Gasteiger partial charge in [-0.15, -0.1) is 0 Å². The molecule has 1 aliphatic carbocycles. The first-order chi connectivity index (χ1) is 16.8. The van der Waals surface area contributed by atoms with Crippen LogP contribution in [0.25, 0.3) is 0 Å². The van der Waals surface area contributed by atoms with Gasteiger partial charge in [-0.1, -0.05) is 36.4 Å². The second-order valence-electron chi connectivity index (χ2n) is 9.44. The summed E-state index contributed by atoms with van der Waals surface area (Å²) in [6.45, 7) is 2.43. The average molecular weight is 459 g/mol. The van der Waals surface area contributed by atoms with E-state index in [2.05, 4.69) is 55.9 Å². The zero-order valence-corrected chi connectivity index (χ0v) is 19.6. The van der Waals surface area contributed by atoms with Crippen molar-refractivity contribution in [3.05, 3.63) is 83.7 Å². The molecule has 0 bridgehead atoms. The molecule has 7 nitrogen and oxygen atoms in total. The average Bonchev–Trinajstić information content (AvgIpc) is 3.41. The lowest BCUT2D eigenvalue weighted by Crippen LogP contribution is -2.53. The Bertz CT molecular complexity index is 1050. The van der Waals surface area contributed by atoms with E-state index in [1.807, 2.05) is 29.4 Å². The Labute approximate surface area is 201 Å². The highest BCUT2D eigenvalue weighted by Gasteiger charge is 2.32. The number of nitrogens with zero attached hydrogens (tertiary/aromatic N) is 3. The van der Waals surface area contributed by atoms with Crippen molar-refractivity contribution in [2.45, 2.75) is 63.2 Å². The summed E-state index contributed by atoms with van der Waals surface area (Å²) in [6.07, 6.45) is 11.1. The highest BCUT2D eigenvalue weighted by atomic mass is 16.2. The minimum absolute atomic E-state index is 0.0999. The summed E-state index contributed by atoms with van der Waals surface area (Å²) in [6, 6.07) is 14.9. The lowest BCUT2D eigenvalue weighted by atomic mass is 9.91. The number of fused-ring (bicyclic) bond motifs is 1. The van der Waals surface area contributed by atoms with Crippen LogP contribution in [0.4, 0.5) is 0 Å². The molecule has 178 valence electrons. The molecular weight excluding hydrogens is 424 g/mol. The van der Waals surface area contributed by atoms with Crippen molar-refractivity contribution in [3.63, 3.8) is 0 Å². The SMILES string of the molecule is O=C(C(Cc1c[nH]cn1)NC1CCCc2cccnc21)N1CCC(NCc2ccccc2)CC1. The van der Waals surface area contributed by atoms with Crippen molar-refractivity contribution in [1.82, 2.24) is 30.5 Å². The number of likely N-dealkylation sites (tertiary alicyclic amines) is 1. The Balaban J connectivity index is 1.22. The van der Waals surface area contributed by atoms with Gasteiger partial charge in [0.15, 0.2) is 0 Å². The van der Waals surface area contributed by atoms with Crippen LogP contribution in [0.1, 0.15) is 54.2 Å². The second kappa shape index (κ2) is 10.9. The number of H-pyrrole nitrogens is 1. The fourth-order valence-electron chi connectivity index (χ4n) is 5.23. The predicted molar refractivity (Wildman–Crippen MR) is 132 cm³/mol. The molecule has 1 fully saturated rings. The van der Waals surface area contributed by atoms with E-state index in [0.29, 0.717) is 12.5 Å². The first kappa shape index (κ1) is 22.7. The van der Waals surface area contributed by atoms with Gasteiger partial charge in [-0.25, -0.2) is 4.98 Å². The number of piperidine rings is 1. The van der Waals surface area contributed by atoms with Crippen molar-refractivity contribution in [2.24, 2.45) is 0 Å². The van der Waals surface area contributed by atoms with Crippen LogP contribution in [0.3, 0.4) is 0 Å². The number of carbonyl (C=O) groups is 1. The van der Waals surface area contributed by atoms with E-state index in [4.69, 9.17) is 0 Å². The number of amides is 1. The van der Waals surface area contributed by atoms with Gasteiger partial charge in [0.25, 0.3) is 0 Å². The second-order valence-corrected chi connectivity index (χ2v) is 9.44. The van der Waals surface area contributed by atoms with Gasteiger partial charge in [0.05, 0.1) is 29.8 Å². The molecule has 3 aromatic rings. The molecule has 0 radical (unpaired) electrons. The molecule has 5 rings (SSSR count). The summed E-state index contributed by atoms with van der Waals surface area (Å²) < 4.78 is 0. The molecular formula is C27H34N6O. The standard InChI is InChI=1S/C27H34N6O/c34-27(33-14-11-22(12-15-33)30-17-20-6-2-1-3-7-20)25(16-23-18-28-19-31-23)32-24-10-4-8-21-9-5-13-29-26(21)24/h1-3,5-7,9,13,18-19,22,24-25,30,32H,4,8,10-12,14-17H2,(H,28,31). The van der Waals surface area contributed by atoms with Gasteiger partial charge in [-0.05, 0) is 49.3 Å². The third kappa shape index (κ3) is 5.54. The zero-order chi connectivity index (χ0) is 23.2. The topological polar surface area (TPSA) is 85.9 Å². The van der Waals surface area contributed by atoms with Gasteiger partial charge in [-0.3, -0.25) is 15.1 Å². The first-order valence-electron chi connectivity index (χ1n) is 12.5. The van der Waals surface area contributed by atoms with Crippen molar-refractivity contribution in [2.75, 3.05) is 13.1 Å². The number of aryl methyl sites for hydroxylation is 1. The Morgan fingerprint density at radius 1 is 1.09 bits per heavy atom. The van der Waals surface area contributed by atoms with Crippen molar-refractivity contribution >= 4 is 5.91 Å². The van der Waals surface area contributed by atoms with Crippen LogP contribution in [0.5, 0.6) is 0 Å².